The highest BCUT2D eigenvalue weighted by Crippen LogP contribution is 2.39. The number of hydrogen-bond acceptors (Lipinski definition) is 5. The van der Waals surface area contributed by atoms with Gasteiger partial charge in [-0.2, -0.15) is 4.73 Å². The van der Waals surface area contributed by atoms with Crippen LogP contribution in [-0.2, 0) is 11.2 Å². The molecule has 6 nitrogen and oxygen atoms in total. The van der Waals surface area contributed by atoms with Gasteiger partial charge in [-0.3, -0.25) is 4.79 Å². The predicted molar refractivity (Wildman–Crippen MR) is 108 cm³/mol. The number of aryl methyl sites for hydroxylation is 1. The molecule has 2 aromatic heterocycles. The summed E-state index contributed by atoms with van der Waals surface area (Å²) in [6.07, 6.45) is 2.16. The van der Waals surface area contributed by atoms with E-state index in [0.29, 0.717) is 23.2 Å². The molecule has 0 bridgehead atoms. The molecule has 0 aliphatic carbocycles. The van der Waals surface area contributed by atoms with Crippen LogP contribution in [-0.4, -0.2) is 28.5 Å². The normalized spacial score (nSPS) is 17.6. The Morgan fingerprint density at radius 2 is 2.07 bits per heavy atom. The molecule has 0 N–H and O–H groups in total. The Labute approximate surface area is 166 Å². The number of nitrogens with zero attached hydrogens (tertiary/aromatic N) is 2. The van der Waals surface area contributed by atoms with E-state index in [4.69, 9.17) is 4.74 Å². The van der Waals surface area contributed by atoms with Crippen molar-refractivity contribution < 1.29 is 19.1 Å². The fraction of sp³-hybridized carbons (Fsp3) is 0.381. The first kappa shape index (κ1) is 18.7. The fourth-order valence-electron chi connectivity index (χ4n) is 3.71. The van der Waals surface area contributed by atoms with Gasteiger partial charge in [0.25, 0.3) is 5.91 Å². The number of ether oxygens (including phenoxy) is 1. The number of carbonyl (C=O) groups is 2. The van der Waals surface area contributed by atoms with E-state index < -0.39 is 11.7 Å². The minimum Gasteiger partial charge on any atom is -0.618 e. The first-order chi connectivity index (χ1) is 13.2. The molecule has 2 amide bonds. The lowest BCUT2D eigenvalue weighted by atomic mass is 10.0. The molecule has 0 unspecified atom stereocenters. The summed E-state index contributed by atoms with van der Waals surface area (Å²) in [5.41, 5.74) is 0.814. The molecule has 3 aromatic rings. The first-order valence-electron chi connectivity index (χ1n) is 9.30. The van der Waals surface area contributed by atoms with Crippen LogP contribution in [0.15, 0.2) is 30.5 Å². The quantitative estimate of drug-likeness (QED) is 0.416. The van der Waals surface area contributed by atoms with Crippen molar-refractivity contribution in [1.29, 1.82) is 0 Å². The smallest absolute Gasteiger partial charge is 0.417 e. The molecule has 1 aromatic carbocycles. The van der Waals surface area contributed by atoms with Gasteiger partial charge in [-0.05, 0) is 58.2 Å². The average Bonchev–Trinajstić information content (AvgIpc) is 2.92. The Morgan fingerprint density at radius 3 is 2.79 bits per heavy atom. The Kier molecular flexibility index (Phi) is 4.30. The third-order valence-corrected chi connectivity index (χ3v) is 6.14. The van der Waals surface area contributed by atoms with Crippen LogP contribution in [0.5, 0.6) is 0 Å². The summed E-state index contributed by atoms with van der Waals surface area (Å²) >= 11 is 1.37. The number of fused-ring (bicyclic) bond motifs is 5. The Balaban J connectivity index is 1.88. The van der Waals surface area contributed by atoms with Crippen LogP contribution < -0.4 is 4.73 Å². The van der Waals surface area contributed by atoms with Crippen LogP contribution in [0.4, 0.5) is 4.79 Å². The summed E-state index contributed by atoms with van der Waals surface area (Å²) in [6, 6.07) is 7.01. The molecule has 4 rings (SSSR count). The van der Waals surface area contributed by atoms with Gasteiger partial charge in [0.1, 0.15) is 5.60 Å². The van der Waals surface area contributed by atoms with Gasteiger partial charge in [0, 0.05) is 28.3 Å². The molecule has 0 saturated carbocycles. The highest BCUT2D eigenvalue weighted by Gasteiger charge is 2.37. The number of hydrogen-bond donors (Lipinski definition) is 0. The molecule has 0 radical (unpaired) electrons. The standard InChI is InChI=1S/C21H22N2O4S/c1-12-7-8-14-17-13-6-5-11-22(26)15(13)9-10-16(17)28-18(14)19(24)23(12)20(25)27-21(2,3)4/h5-6,9-12H,7-8H2,1-4H3/t12-/m1/s1. The van der Waals surface area contributed by atoms with Crippen molar-refractivity contribution in [3.8, 4) is 0 Å². The van der Waals surface area contributed by atoms with Crippen molar-refractivity contribution in [3.05, 3.63) is 46.1 Å². The summed E-state index contributed by atoms with van der Waals surface area (Å²) in [5, 5.41) is 13.9. The summed E-state index contributed by atoms with van der Waals surface area (Å²) < 4.78 is 7.26. The van der Waals surface area contributed by atoms with Gasteiger partial charge < -0.3 is 9.94 Å². The van der Waals surface area contributed by atoms with Gasteiger partial charge >= 0.3 is 6.09 Å². The number of aromatic nitrogens is 1. The number of rotatable bonds is 0. The molecule has 7 heteroatoms. The first-order valence-corrected chi connectivity index (χ1v) is 10.1. The topological polar surface area (TPSA) is 73.5 Å². The maximum atomic E-state index is 13.3. The van der Waals surface area contributed by atoms with E-state index in [1.165, 1.54) is 22.4 Å². The Hall–Kier alpha value is -2.67. The maximum Gasteiger partial charge on any atom is 0.417 e. The lowest BCUT2D eigenvalue weighted by molar-refractivity contribution is -0.576. The van der Waals surface area contributed by atoms with Gasteiger partial charge in [-0.25, -0.2) is 9.69 Å². The number of amides is 2. The van der Waals surface area contributed by atoms with E-state index in [1.807, 2.05) is 19.1 Å². The lowest BCUT2D eigenvalue weighted by Crippen LogP contribution is -2.45. The molecule has 28 heavy (non-hydrogen) atoms. The predicted octanol–water partition coefficient (Wildman–Crippen LogP) is 4.40. The fourth-order valence-corrected chi connectivity index (χ4v) is 4.91. The van der Waals surface area contributed by atoms with Crippen LogP contribution in [0.2, 0.25) is 0 Å². The largest absolute Gasteiger partial charge is 0.618 e. The van der Waals surface area contributed by atoms with Gasteiger partial charge in [0.15, 0.2) is 6.20 Å². The molecular weight excluding hydrogens is 376 g/mol. The second-order valence-corrected chi connectivity index (χ2v) is 9.21. The summed E-state index contributed by atoms with van der Waals surface area (Å²) in [5.74, 6) is -0.325. The molecule has 0 saturated heterocycles. The Bertz CT molecular complexity index is 1110. The average molecular weight is 398 g/mol. The zero-order valence-corrected chi connectivity index (χ0v) is 17.1. The van der Waals surface area contributed by atoms with E-state index in [-0.39, 0.29) is 11.9 Å². The van der Waals surface area contributed by atoms with Crippen molar-refractivity contribution >= 4 is 44.3 Å². The van der Waals surface area contributed by atoms with Crippen molar-refractivity contribution in [2.45, 2.75) is 52.2 Å². The molecule has 1 atom stereocenters. The monoisotopic (exact) mass is 398 g/mol. The third-order valence-electron chi connectivity index (χ3n) is 4.95. The van der Waals surface area contributed by atoms with Crippen molar-refractivity contribution in [1.82, 2.24) is 4.90 Å². The van der Waals surface area contributed by atoms with E-state index >= 15 is 0 Å². The second-order valence-electron chi connectivity index (χ2n) is 8.16. The lowest BCUT2D eigenvalue weighted by Gasteiger charge is -2.28. The van der Waals surface area contributed by atoms with Crippen molar-refractivity contribution in [2.24, 2.45) is 0 Å². The van der Waals surface area contributed by atoms with Crippen LogP contribution in [0.3, 0.4) is 0 Å². The summed E-state index contributed by atoms with van der Waals surface area (Å²) in [6.45, 7) is 7.22. The SMILES string of the molecule is C[C@@H]1CCc2c(sc3ccc4c(ccc[n+]4[O-])c23)C(=O)N1C(=O)OC(C)(C)C. The molecule has 0 fully saturated rings. The molecule has 3 heterocycles. The zero-order chi connectivity index (χ0) is 20.2. The minimum absolute atomic E-state index is 0.267. The van der Waals surface area contributed by atoms with Crippen LogP contribution in [0.25, 0.3) is 21.0 Å². The summed E-state index contributed by atoms with van der Waals surface area (Å²) in [7, 11) is 0. The van der Waals surface area contributed by atoms with Gasteiger partial charge in [-0.15, -0.1) is 11.3 Å². The minimum atomic E-state index is -0.676. The molecular formula is C21H22N2O4S. The van der Waals surface area contributed by atoms with Crippen LogP contribution in [0, 0.1) is 5.21 Å². The highest BCUT2D eigenvalue weighted by atomic mass is 32.1. The maximum absolute atomic E-state index is 13.3. The second kappa shape index (κ2) is 6.44. The van der Waals surface area contributed by atoms with E-state index in [1.54, 1.807) is 32.9 Å². The van der Waals surface area contributed by atoms with Crippen LogP contribution >= 0.6 is 11.3 Å². The van der Waals surface area contributed by atoms with E-state index in [9.17, 15) is 14.8 Å². The number of thiophene rings is 1. The van der Waals surface area contributed by atoms with Crippen molar-refractivity contribution in [2.75, 3.05) is 0 Å². The number of benzene rings is 1. The number of carbonyl (C=O) groups excluding carboxylic acids is 2. The van der Waals surface area contributed by atoms with Crippen LogP contribution in [0.1, 0.15) is 49.4 Å². The third kappa shape index (κ3) is 2.99. The molecule has 1 aliphatic heterocycles. The zero-order valence-electron chi connectivity index (χ0n) is 16.3. The van der Waals surface area contributed by atoms with E-state index in [2.05, 4.69) is 0 Å². The van der Waals surface area contributed by atoms with Crippen molar-refractivity contribution in [3.63, 3.8) is 0 Å². The molecule has 0 spiro atoms. The highest BCUT2D eigenvalue weighted by molar-refractivity contribution is 7.21. The van der Waals surface area contributed by atoms with Gasteiger partial charge in [0.05, 0.1) is 10.3 Å². The number of pyridine rings is 1. The molecule has 146 valence electrons. The molecule has 1 aliphatic rings. The summed E-state index contributed by atoms with van der Waals surface area (Å²) in [4.78, 5) is 27.8. The van der Waals surface area contributed by atoms with E-state index in [0.717, 1.165) is 25.8 Å². The number of imide groups is 1. The Morgan fingerprint density at radius 1 is 1.32 bits per heavy atom. The van der Waals surface area contributed by atoms with Gasteiger partial charge in [0.2, 0.25) is 5.52 Å². The van der Waals surface area contributed by atoms with Gasteiger partial charge in [-0.1, -0.05) is 0 Å².